The molecule has 0 radical (unpaired) electrons. The summed E-state index contributed by atoms with van der Waals surface area (Å²) < 4.78 is 5.36. The lowest BCUT2D eigenvalue weighted by Crippen LogP contribution is -2.28. The molecule has 0 heterocycles. The van der Waals surface area contributed by atoms with E-state index in [1.54, 1.807) is 0 Å². The molecule has 0 fully saturated rings. The third-order valence-corrected chi connectivity index (χ3v) is 2.59. The second-order valence-corrected chi connectivity index (χ2v) is 3.56. The number of anilines is 1. The van der Waals surface area contributed by atoms with Crippen LogP contribution in [0.2, 0.25) is 0 Å². The van der Waals surface area contributed by atoms with Gasteiger partial charge in [0.15, 0.2) is 0 Å². The van der Waals surface area contributed by atoms with E-state index in [2.05, 4.69) is 11.8 Å². The molecule has 0 spiro atoms. The SMILES string of the molecule is CCOCCN(CC)c1ccccc1CO. The summed E-state index contributed by atoms with van der Waals surface area (Å²) in [4.78, 5) is 2.22. The Morgan fingerprint density at radius 3 is 2.62 bits per heavy atom. The van der Waals surface area contributed by atoms with Crippen molar-refractivity contribution in [2.75, 3.05) is 31.2 Å². The van der Waals surface area contributed by atoms with Gasteiger partial charge in [0.25, 0.3) is 0 Å². The van der Waals surface area contributed by atoms with Gasteiger partial charge in [0.1, 0.15) is 0 Å². The zero-order valence-corrected chi connectivity index (χ0v) is 10.1. The van der Waals surface area contributed by atoms with Crippen molar-refractivity contribution in [2.45, 2.75) is 20.5 Å². The van der Waals surface area contributed by atoms with Crippen molar-refractivity contribution >= 4 is 5.69 Å². The van der Waals surface area contributed by atoms with Gasteiger partial charge in [0, 0.05) is 30.9 Å². The minimum Gasteiger partial charge on any atom is -0.392 e. The normalized spacial score (nSPS) is 10.4. The van der Waals surface area contributed by atoms with Crippen molar-refractivity contribution in [1.29, 1.82) is 0 Å². The molecule has 0 saturated carbocycles. The summed E-state index contributed by atoms with van der Waals surface area (Å²) >= 11 is 0. The van der Waals surface area contributed by atoms with E-state index in [0.717, 1.165) is 37.6 Å². The lowest BCUT2D eigenvalue weighted by Gasteiger charge is -2.25. The number of benzene rings is 1. The Kier molecular flexibility index (Phi) is 5.90. The maximum Gasteiger partial charge on any atom is 0.0702 e. The van der Waals surface area contributed by atoms with Crippen LogP contribution in [0.1, 0.15) is 19.4 Å². The Labute approximate surface area is 97.7 Å². The van der Waals surface area contributed by atoms with E-state index in [1.165, 1.54) is 0 Å². The average Bonchev–Trinajstić information content (AvgIpc) is 2.35. The molecule has 0 aliphatic heterocycles. The molecule has 0 unspecified atom stereocenters. The van der Waals surface area contributed by atoms with Crippen LogP contribution in [-0.4, -0.2) is 31.4 Å². The van der Waals surface area contributed by atoms with Crippen LogP contribution in [-0.2, 0) is 11.3 Å². The molecular formula is C13H21NO2. The zero-order valence-electron chi connectivity index (χ0n) is 10.1. The molecule has 1 rings (SSSR count). The fourth-order valence-electron chi connectivity index (χ4n) is 1.72. The van der Waals surface area contributed by atoms with Crippen LogP contribution in [0, 0.1) is 0 Å². The number of hydrogen-bond donors (Lipinski definition) is 1. The number of ether oxygens (including phenoxy) is 1. The lowest BCUT2D eigenvalue weighted by atomic mass is 10.1. The number of likely N-dealkylation sites (N-methyl/N-ethyl adjacent to an activating group) is 1. The van der Waals surface area contributed by atoms with E-state index < -0.39 is 0 Å². The first kappa shape index (κ1) is 13.0. The first-order chi connectivity index (χ1) is 7.83. The summed E-state index contributed by atoms with van der Waals surface area (Å²) in [5.74, 6) is 0. The number of nitrogens with zero attached hydrogens (tertiary/aromatic N) is 1. The maximum atomic E-state index is 9.28. The van der Waals surface area contributed by atoms with Crippen LogP contribution in [0.25, 0.3) is 0 Å². The van der Waals surface area contributed by atoms with Crippen molar-refractivity contribution in [3.63, 3.8) is 0 Å². The standard InChI is InChI=1S/C13H21NO2/c1-3-14(9-10-16-4-2)13-8-6-5-7-12(13)11-15/h5-8,15H,3-4,9-11H2,1-2H3. The average molecular weight is 223 g/mol. The number of para-hydroxylation sites is 1. The molecule has 0 amide bonds. The molecule has 0 saturated heterocycles. The zero-order chi connectivity index (χ0) is 11.8. The fraction of sp³-hybridized carbons (Fsp3) is 0.538. The van der Waals surface area contributed by atoms with Gasteiger partial charge in [-0.1, -0.05) is 18.2 Å². The minimum atomic E-state index is 0.0846. The van der Waals surface area contributed by atoms with Crippen molar-refractivity contribution in [3.8, 4) is 0 Å². The highest BCUT2D eigenvalue weighted by molar-refractivity contribution is 5.53. The van der Waals surface area contributed by atoms with Crippen LogP contribution < -0.4 is 4.90 Å². The summed E-state index contributed by atoms with van der Waals surface area (Å²) in [5, 5.41) is 9.28. The lowest BCUT2D eigenvalue weighted by molar-refractivity contribution is 0.154. The second-order valence-electron chi connectivity index (χ2n) is 3.56. The van der Waals surface area contributed by atoms with Gasteiger partial charge in [-0.25, -0.2) is 0 Å². The van der Waals surface area contributed by atoms with E-state index in [4.69, 9.17) is 4.74 Å². The van der Waals surface area contributed by atoms with Crippen LogP contribution in [0.3, 0.4) is 0 Å². The Morgan fingerprint density at radius 2 is 2.00 bits per heavy atom. The molecule has 0 aliphatic carbocycles. The second kappa shape index (κ2) is 7.25. The first-order valence-electron chi connectivity index (χ1n) is 5.84. The van der Waals surface area contributed by atoms with Crippen molar-refractivity contribution in [3.05, 3.63) is 29.8 Å². The third kappa shape index (κ3) is 3.51. The van der Waals surface area contributed by atoms with Gasteiger partial charge in [-0.2, -0.15) is 0 Å². The topological polar surface area (TPSA) is 32.7 Å². The first-order valence-corrected chi connectivity index (χ1v) is 5.84. The fourth-order valence-corrected chi connectivity index (χ4v) is 1.72. The summed E-state index contributed by atoms with van der Waals surface area (Å²) in [6.45, 7) is 7.45. The summed E-state index contributed by atoms with van der Waals surface area (Å²) in [7, 11) is 0. The van der Waals surface area contributed by atoms with Crippen LogP contribution in [0.4, 0.5) is 5.69 Å². The Morgan fingerprint density at radius 1 is 1.25 bits per heavy atom. The van der Waals surface area contributed by atoms with Crippen LogP contribution in [0.15, 0.2) is 24.3 Å². The van der Waals surface area contributed by atoms with Gasteiger partial charge < -0.3 is 14.7 Å². The quantitative estimate of drug-likeness (QED) is 0.718. The highest BCUT2D eigenvalue weighted by Gasteiger charge is 2.07. The van der Waals surface area contributed by atoms with Crippen molar-refractivity contribution in [1.82, 2.24) is 0 Å². The molecule has 3 nitrogen and oxygen atoms in total. The molecule has 1 aromatic carbocycles. The van der Waals surface area contributed by atoms with E-state index in [1.807, 2.05) is 31.2 Å². The van der Waals surface area contributed by atoms with Crippen LogP contribution in [0.5, 0.6) is 0 Å². The van der Waals surface area contributed by atoms with E-state index >= 15 is 0 Å². The Hall–Kier alpha value is -1.06. The monoisotopic (exact) mass is 223 g/mol. The van der Waals surface area contributed by atoms with Gasteiger partial charge >= 0.3 is 0 Å². The molecule has 16 heavy (non-hydrogen) atoms. The number of aliphatic hydroxyl groups is 1. The number of aliphatic hydroxyl groups excluding tert-OH is 1. The van der Waals surface area contributed by atoms with Gasteiger partial charge in [0.2, 0.25) is 0 Å². The van der Waals surface area contributed by atoms with E-state index in [-0.39, 0.29) is 6.61 Å². The highest BCUT2D eigenvalue weighted by Crippen LogP contribution is 2.19. The van der Waals surface area contributed by atoms with Gasteiger partial charge in [-0.3, -0.25) is 0 Å². The summed E-state index contributed by atoms with van der Waals surface area (Å²) in [6.07, 6.45) is 0. The molecule has 1 aromatic rings. The molecule has 0 bridgehead atoms. The summed E-state index contributed by atoms with van der Waals surface area (Å²) in [6, 6.07) is 7.95. The molecule has 0 atom stereocenters. The molecule has 0 aromatic heterocycles. The van der Waals surface area contributed by atoms with E-state index in [0.29, 0.717) is 0 Å². The smallest absolute Gasteiger partial charge is 0.0702 e. The predicted octanol–water partition coefficient (Wildman–Crippen LogP) is 2.04. The molecule has 90 valence electrons. The number of hydrogen-bond acceptors (Lipinski definition) is 3. The Balaban J connectivity index is 2.69. The van der Waals surface area contributed by atoms with Gasteiger partial charge in [-0.05, 0) is 19.9 Å². The third-order valence-electron chi connectivity index (χ3n) is 2.59. The van der Waals surface area contributed by atoms with Gasteiger partial charge in [0.05, 0.1) is 13.2 Å². The van der Waals surface area contributed by atoms with Crippen LogP contribution >= 0.6 is 0 Å². The minimum absolute atomic E-state index is 0.0846. The highest BCUT2D eigenvalue weighted by atomic mass is 16.5. The summed E-state index contributed by atoms with van der Waals surface area (Å²) in [5.41, 5.74) is 2.08. The molecule has 0 aliphatic rings. The largest absolute Gasteiger partial charge is 0.392 e. The maximum absolute atomic E-state index is 9.28. The van der Waals surface area contributed by atoms with Gasteiger partial charge in [-0.15, -0.1) is 0 Å². The predicted molar refractivity (Wildman–Crippen MR) is 66.7 cm³/mol. The van der Waals surface area contributed by atoms with Crippen molar-refractivity contribution in [2.24, 2.45) is 0 Å². The Bertz CT molecular complexity index is 302. The molecule has 1 N–H and O–H groups in total. The number of rotatable bonds is 7. The van der Waals surface area contributed by atoms with Crippen molar-refractivity contribution < 1.29 is 9.84 Å². The van der Waals surface area contributed by atoms with E-state index in [9.17, 15) is 5.11 Å². The molecule has 3 heteroatoms. The molecular weight excluding hydrogens is 202 g/mol.